The molecule has 1 saturated heterocycles. The largest absolute Gasteiger partial charge is 0.496 e. The maximum Gasteiger partial charge on any atom is 0.409 e. The van der Waals surface area contributed by atoms with E-state index >= 15 is 0 Å². The summed E-state index contributed by atoms with van der Waals surface area (Å²) < 4.78 is 16.5. The minimum atomic E-state index is -0.228. The van der Waals surface area contributed by atoms with Crippen molar-refractivity contribution in [3.63, 3.8) is 0 Å². The third kappa shape index (κ3) is 6.05. The second-order valence-corrected chi connectivity index (χ2v) is 7.43. The number of hydrogen-bond donors (Lipinski definition) is 2. The summed E-state index contributed by atoms with van der Waals surface area (Å²) >= 11 is 0. The average Bonchev–Trinajstić information content (AvgIpc) is 3.09. The van der Waals surface area contributed by atoms with Gasteiger partial charge in [0.25, 0.3) is 0 Å². The number of rotatable bonds is 5. The molecule has 168 valence electrons. The number of fused-ring (bicyclic) bond motifs is 1. The number of hydrogen-bond acceptors (Lipinski definition) is 5. The third-order valence-corrected chi connectivity index (χ3v) is 5.33. The number of amides is 1. The normalized spacial score (nSPS) is 18.7. The number of nitrogens with zero attached hydrogens (tertiary/aromatic N) is 2. The van der Waals surface area contributed by atoms with Crippen molar-refractivity contribution in [3.8, 4) is 11.5 Å². The summed E-state index contributed by atoms with van der Waals surface area (Å²) in [6.45, 7) is 6.25. The molecular formula is C21H33IN4O4. The first-order valence-corrected chi connectivity index (χ1v) is 10.3. The van der Waals surface area contributed by atoms with Crippen molar-refractivity contribution in [2.24, 2.45) is 4.99 Å². The molecule has 1 atom stereocenters. The minimum Gasteiger partial charge on any atom is -0.496 e. The zero-order chi connectivity index (χ0) is 20.8. The molecule has 0 aliphatic carbocycles. The first kappa shape index (κ1) is 24.4. The Morgan fingerprint density at radius 3 is 2.70 bits per heavy atom. The first-order chi connectivity index (χ1) is 14.0. The number of nitrogens with one attached hydrogen (secondary N) is 2. The molecule has 0 radical (unpaired) electrons. The Bertz CT molecular complexity index is 751. The number of benzene rings is 1. The van der Waals surface area contributed by atoms with Gasteiger partial charge in [0.05, 0.1) is 13.7 Å². The van der Waals surface area contributed by atoms with Gasteiger partial charge in [0.1, 0.15) is 17.6 Å². The number of halogens is 1. The Labute approximate surface area is 195 Å². The van der Waals surface area contributed by atoms with Crippen molar-refractivity contribution in [1.82, 2.24) is 15.5 Å². The predicted molar refractivity (Wildman–Crippen MR) is 127 cm³/mol. The standard InChI is InChI=1S/C21H32N4O4.HI/c1-5-28-21(26)25-8-6-17(7-9-25)24-20(22-3)23-13-16-12-19-15(10-14(2)29-19)11-18(16)27-4;/h11-12,14,17H,5-10,13H2,1-4H3,(H2,22,23,24);1H. The van der Waals surface area contributed by atoms with E-state index in [0.29, 0.717) is 26.2 Å². The Balaban J connectivity index is 0.00000320. The Morgan fingerprint density at radius 1 is 1.33 bits per heavy atom. The van der Waals surface area contributed by atoms with Gasteiger partial charge >= 0.3 is 6.09 Å². The predicted octanol–water partition coefficient (Wildman–Crippen LogP) is 2.92. The summed E-state index contributed by atoms with van der Waals surface area (Å²) in [7, 11) is 3.45. The van der Waals surface area contributed by atoms with E-state index < -0.39 is 0 Å². The number of carbonyl (C=O) groups is 1. The molecule has 0 spiro atoms. The van der Waals surface area contributed by atoms with Crippen LogP contribution in [0.1, 0.15) is 37.8 Å². The van der Waals surface area contributed by atoms with E-state index in [4.69, 9.17) is 14.2 Å². The lowest BCUT2D eigenvalue weighted by Crippen LogP contribution is -2.49. The molecule has 2 N–H and O–H groups in total. The maximum atomic E-state index is 11.8. The van der Waals surface area contributed by atoms with Gasteiger partial charge in [-0.25, -0.2) is 4.79 Å². The van der Waals surface area contributed by atoms with Crippen LogP contribution in [0.5, 0.6) is 11.5 Å². The van der Waals surface area contributed by atoms with Crippen LogP contribution in [0, 0.1) is 0 Å². The zero-order valence-electron chi connectivity index (χ0n) is 18.2. The van der Waals surface area contributed by atoms with Gasteiger partial charge in [-0.15, -0.1) is 24.0 Å². The third-order valence-electron chi connectivity index (χ3n) is 5.33. The summed E-state index contributed by atoms with van der Waals surface area (Å²) in [4.78, 5) is 17.9. The Kier molecular flexibility index (Phi) is 9.32. The van der Waals surface area contributed by atoms with E-state index in [1.54, 1.807) is 19.1 Å². The zero-order valence-corrected chi connectivity index (χ0v) is 20.5. The Morgan fingerprint density at radius 2 is 2.07 bits per heavy atom. The lowest BCUT2D eigenvalue weighted by Gasteiger charge is -2.32. The lowest BCUT2D eigenvalue weighted by molar-refractivity contribution is 0.0963. The number of guanidine groups is 1. The molecule has 9 heteroatoms. The van der Waals surface area contributed by atoms with Crippen LogP contribution in [-0.2, 0) is 17.7 Å². The summed E-state index contributed by atoms with van der Waals surface area (Å²) in [6.07, 6.45) is 2.59. The Hall–Kier alpha value is -1.91. The second kappa shape index (κ2) is 11.5. The highest BCUT2D eigenvalue weighted by atomic mass is 127. The van der Waals surface area contributed by atoms with Gasteiger partial charge in [-0.1, -0.05) is 0 Å². The van der Waals surface area contributed by atoms with Gasteiger partial charge in [0.2, 0.25) is 0 Å². The quantitative estimate of drug-likeness (QED) is 0.345. The molecule has 3 rings (SSSR count). The molecule has 1 aromatic rings. The fraction of sp³-hybridized carbons (Fsp3) is 0.619. The van der Waals surface area contributed by atoms with Crippen molar-refractivity contribution in [2.45, 2.75) is 51.8 Å². The lowest BCUT2D eigenvalue weighted by atomic mass is 10.1. The van der Waals surface area contributed by atoms with E-state index in [9.17, 15) is 4.79 Å². The number of aliphatic imine (C=N–C) groups is 1. The van der Waals surface area contributed by atoms with E-state index in [-0.39, 0.29) is 42.2 Å². The molecule has 1 amide bonds. The molecule has 0 bridgehead atoms. The number of methoxy groups -OCH3 is 1. The maximum absolute atomic E-state index is 11.8. The van der Waals surface area contributed by atoms with E-state index in [2.05, 4.69) is 34.7 Å². The van der Waals surface area contributed by atoms with Gasteiger partial charge in [-0.2, -0.15) is 0 Å². The monoisotopic (exact) mass is 532 g/mol. The first-order valence-electron chi connectivity index (χ1n) is 10.3. The van der Waals surface area contributed by atoms with E-state index in [0.717, 1.165) is 42.3 Å². The highest BCUT2D eigenvalue weighted by Crippen LogP contribution is 2.34. The summed E-state index contributed by atoms with van der Waals surface area (Å²) in [5.41, 5.74) is 2.22. The number of ether oxygens (including phenoxy) is 3. The molecule has 0 saturated carbocycles. The van der Waals surface area contributed by atoms with Gasteiger partial charge in [0.15, 0.2) is 5.96 Å². The van der Waals surface area contributed by atoms with Crippen molar-refractivity contribution < 1.29 is 19.0 Å². The average molecular weight is 532 g/mol. The molecule has 30 heavy (non-hydrogen) atoms. The van der Waals surface area contributed by atoms with E-state index in [1.165, 1.54) is 5.56 Å². The van der Waals surface area contributed by atoms with Crippen molar-refractivity contribution in [3.05, 3.63) is 23.3 Å². The fourth-order valence-electron chi connectivity index (χ4n) is 3.80. The minimum absolute atomic E-state index is 0. The van der Waals surface area contributed by atoms with Crippen LogP contribution in [0.3, 0.4) is 0 Å². The summed E-state index contributed by atoms with van der Waals surface area (Å²) in [5.74, 6) is 2.52. The molecule has 1 aromatic carbocycles. The van der Waals surface area contributed by atoms with Gasteiger partial charge < -0.3 is 29.7 Å². The molecular weight excluding hydrogens is 499 g/mol. The van der Waals surface area contributed by atoms with Crippen LogP contribution in [0.4, 0.5) is 4.79 Å². The molecule has 0 aromatic heterocycles. The van der Waals surface area contributed by atoms with Crippen LogP contribution in [-0.4, -0.2) is 63.0 Å². The molecule has 2 aliphatic rings. The van der Waals surface area contributed by atoms with Gasteiger partial charge in [0, 0.05) is 50.3 Å². The van der Waals surface area contributed by atoms with E-state index in [1.807, 2.05) is 6.92 Å². The number of likely N-dealkylation sites (tertiary alicyclic amines) is 1. The van der Waals surface area contributed by atoms with Crippen LogP contribution in [0.25, 0.3) is 0 Å². The summed E-state index contributed by atoms with van der Waals surface area (Å²) in [6, 6.07) is 4.38. The van der Waals surface area contributed by atoms with Crippen molar-refractivity contribution in [2.75, 3.05) is 33.9 Å². The van der Waals surface area contributed by atoms with Crippen LogP contribution >= 0.6 is 24.0 Å². The topological polar surface area (TPSA) is 84.4 Å². The fourth-order valence-corrected chi connectivity index (χ4v) is 3.80. The number of carbonyl (C=O) groups excluding carboxylic acids is 1. The summed E-state index contributed by atoms with van der Waals surface area (Å²) in [5, 5.41) is 6.81. The molecule has 1 unspecified atom stereocenters. The van der Waals surface area contributed by atoms with Crippen LogP contribution in [0.2, 0.25) is 0 Å². The van der Waals surface area contributed by atoms with Gasteiger partial charge in [-0.05, 0) is 38.8 Å². The second-order valence-electron chi connectivity index (χ2n) is 7.43. The van der Waals surface area contributed by atoms with Crippen molar-refractivity contribution >= 4 is 36.0 Å². The van der Waals surface area contributed by atoms with Crippen LogP contribution in [0.15, 0.2) is 17.1 Å². The highest BCUT2D eigenvalue weighted by molar-refractivity contribution is 14.0. The highest BCUT2D eigenvalue weighted by Gasteiger charge is 2.25. The molecule has 2 heterocycles. The van der Waals surface area contributed by atoms with Gasteiger partial charge in [-0.3, -0.25) is 4.99 Å². The van der Waals surface area contributed by atoms with Crippen LogP contribution < -0.4 is 20.1 Å². The number of piperidine rings is 1. The molecule has 2 aliphatic heterocycles. The molecule has 1 fully saturated rings. The SMILES string of the molecule is CCOC(=O)N1CCC(NC(=NC)NCc2cc3c(cc2OC)CC(C)O3)CC1.I. The molecule has 8 nitrogen and oxygen atoms in total. The smallest absolute Gasteiger partial charge is 0.409 e. The van der Waals surface area contributed by atoms with Crippen molar-refractivity contribution in [1.29, 1.82) is 0 Å².